The first-order valence-electron chi connectivity index (χ1n) is 30.0. The van der Waals surface area contributed by atoms with Gasteiger partial charge in [-0.05, 0) is 122 Å². The Morgan fingerprint density at radius 1 is 0.558 bits per heavy atom. The lowest BCUT2D eigenvalue weighted by molar-refractivity contribution is -0.137. The van der Waals surface area contributed by atoms with Crippen molar-refractivity contribution in [3.05, 3.63) is 35.9 Å². The van der Waals surface area contributed by atoms with Gasteiger partial charge in [-0.1, -0.05) is 77.3 Å². The molecular weight excluding hydrogens is 1120 g/mol. The Hall–Kier alpha value is -6.89. The normalized spacial score (nSPS) is 22.8. The van der Waals surface area contributed by atoms with Crippen molar-refractivity contribution < 1.29 is 63.0 Å². The Labute approximate surface area is 504 Å². The second kappa shape index (κ2) is 40.5. The third-order valence-corrected chi connectivity index (χ3v) is 14.5. The van der Waals surface area contributed by atoms with Crippen LogP contribution in [0.5, 0.6) is 0 Å². The summed E-state index contributed by atoms with van der Waals surface area (Å²) in [6, 6.07) is -6.16. The number of carbonyl (C=O) groups is 11. The van der Waals surface area contributed by atoms with Gasteiger partial charge in [0.05, 0.1) is 12.2 Å². The van der Waals surface area contributed by atoms with Crippen LogP contribution >= 0.6 is 0 Å². The van der Waals surface area contributed by atoms with Crippen molar-refractivity contribution in [2.24, 2.45) is 40.5 Å². The quantitative estimate of drug-likeness (QED) is 0.0321. The number of hydrogen-bond acceptors (Lipinski definition) is 18. The number of benzene rings is 1. The van der Waals surface area contributed by atoms with E-state index in [-0.39, 0.29) is 90.0 Å². The molecule has 0 spiro atoms. The van der Waals surface area contributed by atoms with Gasteiger partial charge in [-0.2, -0.15) is 0 Å². The van der Waals surface area contributed by atoms with E-state index < -0.39 is 151 Å². The molecule has 2 rings (SSSR count). The molecule has 29 heteroatoms. The van der Waals surface area contributed by atoms with Crippen molar-refractivity contribution in [3.8, 4) is 0 Å². The Morgan fingerprint density at radius 2 is 1.08 bits per heavy atom. The molecule has 0 bridgehead atoms. The van der Waals surface area contributed by atoms with Crippen LogP contribution in [0.25, 0.3) is 0 Å². The molecular formula is C57H100N16O13. The van der Waals surface area contributed by atoms with Crippen LogP contribution in [0.15, 0.2) is 30.3 Å². The van der Waals surface area contributed by atoms with Crippen molar-refractivity contribution in [2.45, 2.75) is 204 Å². The zero-order chi connectivity index (χ0) is 64.5. The fraction of sp³-hybridized carbons (Fsp3) is 0.702. The first-order chi connectivity index (χ1) is 40.8. The Kier molecular flexibility index (Phi) is 35.4. The highest BCUT2D eigenvalue weighted by atomic mass is 16.3. The summed E-state index contributed by atoms with van der Waals surface area (Å²) in [5.74, 6) is -9.37. The zero-order valence-electron chi connectivity index (χ0n) is 50.9. The molecule has 0 radical (unpaired) electrons. The summed E-state index contributed by atoms with van der Waals surface area (Å²) < 4.78 is 0. The number of unbranched alkanes of at least 4 members (excludes halogenated alkanes) is 1. The number of nitrogens with two attached hydrogens (primary N) is 5. The van der Waals surface area contributed by atoms with E-state index >= 15 is 0 Å². The minimum atomic E-state index is -1.69. The third kappa shape index (κ3) is 27.2. The molecule has 0 aromatic heterocycles. The van der Waals surface area contributed by atoms with Crippen molar-refractivity contribution in [2.75, 3.05) is 39.3 Å². The fourth-order valence-corrected chi connectivity index (χ4v) is 9.28. The number of aliphatic hydroxyl groups excluding tert-OH is 2. The molecule has 1 heterocycles. The lowest BCUT2D eigenvalue weighted by Crippen LogP contribution is -2.62. The van der Waals surface area contributed by atoms with Crippen LogP contribution in [0.2, 0.25) is 0 Å². The molecule has 29 nitrogen and oxygen atoms in total. The summed E-state index contributed by atoms with van der Waals surface area (Å²) in [6.07, 6.45) is -0.560. The molecule has 13 atom stereocenters. The maximum atomic E-state index is 14.6. The lowest BCUT2D eigenvalue weighted by Gasteiger charge is -2.29. The summed E-state index contributed by atoms with van der Waals surface area (Å²) in [6.45, 7) is 9.24. The first-order valence-corrected chi connectivity index (χ1v) is 30.0. The van der Waals surface area contributed by atoms with Crippen LogP contribution in [-0.2, 0) is 59.2 Å². The second-order valence-electron chi connectivity index (χ2n) is 22.4. The molecule has 0 saturated carbocycles. The van der Waals surface area contributed by atoms with E-state index in [1.54, 1.807) is 44.2 Å². The molecule has 0 aliphatic carbocycles. The minimum Gasteiger partial charge on any atom is -0.391 e. The molecule has 2 unspecified atom stereocenters. The Balaban J connectivity index is 2.68. The van der Waals surface area contributed by atoms with E-state index in [1.807, 2.05) is 0 Å². The van der Waals surface area contributed by atoms with Gasteiger partial charge >= 0.3 is 0 Å². The largest absolute Gasteiger partial charge is 0.391 e. The standard InChI is InChI=1S/C57H100N16O13/c1-7-33(4)14-11-12-18-45(76)64-37(17-13-24-58)52(81)73-47(35(6)75)57(86)69-40(21-27-61)49(78)68-42-23-29-63-56(85)46(34(5)74)72-53(82)41(22-28-62)66-48(77)38(19-25-59)67-54(83)43(30-32(2)3)70-55(84)44(31-36-15-9-8-10-16-36)71-50(79)39(20-26-60)65-51(42)80/h8-10,15-16,32-35,37-44,46-47,74-75H,7,11-14,17-31,58-62H2,1-6H3,(H,63,85)(H,64,76)(H,65,80)(H,66,77)(H,67,83)(H,68,78)(H,69,86)(H,70,84)(H,71,79)(H,72,82)(H,73,81)/t33-,34-,35+,37+,38-,39+,40-,41-,42?,43?,44+,46+,47-/m0/s1. The van der Waals surface area contributed by atoms with E-state index in [0.29, 0.717) is 24.3 Å². The summed E-state index contributed by atoms with van der Waals surface area (Å²) in [5.41, 5.74) is 29.9. The molecule has 486 valence electrons. The van der Waals surface area contributed by atoms with Crippen molar-refractivity contribution in [1.82, 2.24) is 58.5 Å². The molecule has 11 amide bonds. The molecule has 1 aliphatic rings. The summed E-state index contributed by atoms with van der Waals surface area (Å²) >= 11 is 0. The van der Waals surface area contributed by atoms with Gasteiger partial charge in [0.2, 0.25) is 65.0 Å². The van der Waals surface area contributed by atoms with Crippen LogP contribution in [-0.4, -0.2) is 187 Å². The topological polar surface area (TPSA) is 491 Å². The number of amides is 11. The van der Waals surface area contributed by atoms with E-state index in [2.05, 4.69) is 72.3 Å². The third-order valence-electron chi connectivity index (χ3n) is 14.5. The highest BCUT2D eigenvalue weighted by Gasteiger charge is 2.37. The summed E-state index contributed by atoms with van der Waals surface area (Å²) in [7, 11) is 0. The van der Waals surface area contributed by atoms with Crippen LogP contribution in [0, 0.1) is 11.8 Å². The predicted octanol–water partition coefficient (Wildman–Crippen LogP) is -4.85. The lowest BCUT2D eigenvalue weighted by atomic mass is 10.00. The van der Waals surface area contributed by atoms with Gasteiger partial charge in [-0.25, -0.2) is 0 Å². The molecule has 86 heavy (non-hydrogen) atoms. The summed E-state index contributed by atoms with van der Waals surface area (Å²) in [4.78, 5) is 154. The highest BCUT2D eigenvalue weighted by Crippen LogP contribution is 2.14. The predicted molar refractivity (Wildman–Crippen MR) is 321 cm³/mol. The van der Waals surface area contributed by atoms with Gasteiger partial charge in [0.15, 0.2) is 0 Å². The number of hydrogen-bond donors (Lipinski definition) is 18. The maximum absolute atomic E-state index is 14.6. The smallest absolute Gasteiger partial charge is 0.245 e. The molecule has 1 saturated heterocycles. The Bertz CT molecular complexity index is 2330. The molecule has 23 N–H and O–H groups in total. The second-order valence-corrected chi connectivity index (χ2v) is 22.4. The minimum absolute atomic E-state index is 0.0456. The number of rotatable bonds is 30. The van der Waals surface area contributed by atoms with Crippen LogP contribution in [0.1, 0.15) is 131 Å². The number of aliphatic hydroxyl groups is 2. The molecule has 1 aromatic rings. The van der Waals surface area contributed by atoms with Crippen molar-refractivity contribution in [3.63, 3.8) is 0 Å². The number of nitrogens with one attached hydrogen (secondary N) is 11. The average molecular weight is 1220 g/mol. The van der Waals surface area contributed by atoms with E-state index in [0.717, 1.165) is 19.3 Å². The van der Waals surface area contributed by atoms with Crippen LogP contribution in [0.3, 0.4) is 0 Å². The first kappa shape index (κ1) is 75.2. The van der Waals surface area contributed by atoms with Gasteiger partial charge < -0.3 is 97.4 Å². The number of carbonyl (C=O) groups excluding carboxylic acids is 11. The van der Waals surface area contributed by atoms with Crippen LogP contribution in [0.4, 0.5) is 0 Å². The molecule has 1 aliphatic heterocycles. The average Bonchev–Trinajstić information content (AvgIpc) is 3.68. The molecule has 1 fully saturated rings. The monoisotopic (exact) mass is 1220 g/mol. The summed E-state index contributed by atoms with van der Waals surface area (Å²) in [5, 5.41) is 49.9. The maximum Gasteiger partial charge on any atom is 0.245 e. The van der Waals surface area contributed by atoms with Gasteiger partial charge in [0, 0.05) is 19.4 Å². The van der Waals surface area contributed by atoms with Crippen molar-refractivity contribution in [1.29, 1.82) is 0 Å². The van der Waals surface area contributed by atoms with E-state index in [1.165, 1.54) is 13.8 Å². The van der Waals surface area contributed by atoms with Crippen molar-refractivity contribution >= 4 is 65.0 Å². The van der Waals surface area contributed by atoms with Gasteiger partial charge in [-0.3, -0.25) is 52.7 Å². The van der Waals surface area contributed by atoms with E-state index in [9.17, 15) is 63.0 Å². The van der Waals surface area contributed by atoms with Gasteiger partial charge in [0.1, 0.15) is 60.4 Å². The molecule has 1 aromatic carbocycles. The van der Waals surface area contributed by atoms with Crippen LogP contribution < -0.4 is 87.2 Å². The van der Waals surface area contributed by atoms with E-state index in [4.69, 9.17) is 28.7 Å². The highest BCUT2D eigenvalue weighted by molar-refractivity contribution is 5.99. The van der Waals surface area contributed by atoms with Gasteiger partial charge in [0.25, 0.3) is 0 Å². The van der Waals surface area contributed by atoms with Gasteiger partial charge in [-0.15, -0.1) is 0 Å². The SMILES string of the molecule is CC[C@H](C)CCCCC(=O)N[C@H](CCCN)C(=O)N[C@H](C(=O)N[C@@H](CCN)C(=O)NC1CCNC(=O)[C@@H]([C@H](C)O)NC(=O)[C@H](CCN)NC(=O)[C@H](CCN)NC(=O)C(CC(C)C)NC(=O)[C@@H](Cc2ccccc2)NC(=O)[C@@H](CCN)NC1=O)[C@@H](C)O. The fourth-order valence-electron chi connectivity index (χ4n) is 9.28. The zero-order valence-corrected chi connectivity index (χ0v) is 50.9. The Morgan fingerprint density at radius 3 is 1.60 bits per heavy atom.